The second-order valence-electron chi connectivity index (χ2n) is 4.34. The standard InChI is InChI=1S/C12H15NO4S2/c1-9(17-19(14,15)16)7-8-13-10(2)18-12-6-4-3-5-11(12)13/h3-6,9H,7-8H2,1-2H3. The lowest BCUT2D eigenvalue weighted by atomic mass is 10.2. The van der Waals surface area contributed by atoms with Gasteiger partial charge >= 0.3 is 0 Å². The van der Waals surface area contributed by atoms with Gasteiger partial charge in [-0.1, -0.05) is 23.5 Å². The predicted octanol–water partition coefficient (Wildman–Crippen LogP) is 1.75. The average Bonchev–Trinajstić information content (AvgIpc) is 2.60. The Morgan fingerprint density at radius 3 is 2.79 bits per heavy atom. The van der Waals surface area contributed by atoms with Gasteiger partial charge in [0.15, 0.2) is 6.54 Å². The first-order chi connectivity index (χ1) is 8.87. The smallest absolute Gasteiger partial charge is 0.235 e. The van der Waals surface area contributed by atoms with Gasteiger partial charge in [0.05, 0.1) is 6.10 Å². The monoisotopic (exact) mass is 301 g/mol. The van der Waals surface area contributed by atoms with Gasteiger partial charge in [-0.25, -0.2) is 8.42 Å². The Bertz CT molecular complexity index is 678. The van der Waals surface area contributed by atoms with Gasteiger partial charge in [0.1, 0.15) is 4.70 Å². The molecule has 0 radical (unpaired) electrons. The Morgan fingerprint density at radius 2 is 2.11 bits per heavy atom. The summed E-state index contributed by atoms with van der Waals surface area (Å²) in [6, 6.07) is 8.02. The van der Waals surface area contributed by atoms with Crippen LogP contribution in [0.2, 0.25) is 0 Å². The molecule has 1 atom stereocenters. The molecule has 1 unspecified atom stereocenters. The number of para-hydroxylation sites is 1. The summed E-state index contributed by atoms with van der Waals surface area (Å²) in [5, 5.41) is 1.14. The fourth-order valence-electron chi connectivity index (χ4n) is 1.99. The molecule has 19 heavy (non-hydrogen) atoms. The molecular formula is C12H15NO4S2. The number of nitrogens with zero attached hydrogens (tertiary/aromatic N) is 1. The van der Waals surface area contributed by atoms with Crippen molar-refractivity contribution in [3.05, 3.63) is 29.3 Å². The van der Waals surface area contributed by atoms with E-state index in [4.69, 9.17) is 0 Å². The van der Waals surface area contributed by atoms with Crippen LogP contribution in [0.15, 0.2) is 24.3 Å². The summed E-state index contributed by atoms with van der Waals surface area (Å²) in [6.07, 6.45) is -0.152. The molecule has 1 aromatic heterocycles. The maximum Gasteiger partial charge on any atom is 0.235 e. The van der Waals surface area contributed by atoms with Crippen LogP contribution < -0.4 is 4.57 Å². The molecule has 2 rings (SSSR count). The number of fused-ring (bicyclic) bond motifs is 1. The summed E-state index contributed by atoms with van der Waals surface area (Å²) in [4.78, 5) is 0. The molecule has 0 bridgehead atoms. The molecule has 0 N–H and O–H groups in total. The molecule has 1 aromatic carbocycles. The maximum atomic E-state index is 10.5. The summed E-state index contributed by atoms with van der Waals surface area (Å²) in [7, 11) is -4.62. The molecule has 0 saturated heterocycles. The number of rotatable bonds is 5. The first-order valence-corrected chi connectivity index (χ1v) is 8.04. The van der Waals surface area contributed by atoms with Crippen LogP contribution in [0.1, 0.15) is 18.4 Å². The van der Waals surface area contributed by atoms with Crippen LogP contribution in [0, 0.1) is 6.92 Å². The molecule has 2 aromatic rings. The van der Waals surface area contributed by atoms with Crippen LogP contribution in [-0.4, -0.2) is 19.1 Å². The fraction of sp³-hybridized carbons (Fsp3) is 0.417. The summed E-state index contributed by atoms with van der Waals surface area (Å²) in [6.45, 7) is 4.22. The van der Waals surface area contributed by atoms with Crippen molar-refractivity contribution < 1.29 is 21.7 Å². The summed E-state index contributed by atoms with van der Waals surface area (Å²) in [5.41, 5.74) is 1.11. The highest BCUT2D eigenvalue weighted by Crippen LogP contribution is 2.19. The van der Waals surface area contributed by atoms with E-state index in [0.717, 1.165) is 10.5 Å². The van der Waals surface area contributed by atoms with E-state index in [1.165, 1.54) is 4.70 Å². The largest absolute Gasteiger partial charge is 0.726 e. The first-order valence-electron chi connectivity index (χ1n) is 5.89. The Balaban J connectivity index is 2.12. The van der Waals surface area contributed by atoms with Crippen LogP contribution in [0.25, 0.3) is 10.2 Å². The van der Waals surface area contributed by atoms with Crippen molar-refractivity contribution in [2.24, 2.45) is 0 Å². The van der Waals surface area contributed by atoms with E-state index in [1.807, 2.05) is 31.2 Å². The molecule has 1 heterocycles. The van der Waals surface area contributed by atoms with Crippen molar-refractivity contribution in [3.63, 3.8) is 0 Å². The van der Waals surface area contributed by atoms with Crippen molar-refractivity contribution in [2.75, 3.05) is 0 Å². The SMILES string of the molecule is Cc1sc2ccccc2[n+]1CCC(C)OS(=O)(=O)[O-]. The Kier molecular flexibility index (Phi) is 4.19. The number of hydrogen-bond donors (Lipinski definition) is 0. The Hall–Kier alpha value is -1.02. The molecule has 0 saturated carbocycles. The van der Waals surface area contributed by atoms with Gasteiger partial charge in [-0.15, -0.1) is 0 Å². The second kappa shape index (κ2) is 5.54. The summed E-state index contributed by atoms with van der Waals surface area (Å²) in [5.74, 6) is 0. The van der Waals surface area contributed by atoms with E-state index in [-0.39, 0.29) is 0 Å². The third kappa shape index (κ3) is 3.73. The van der Waals surface area contributed by atoms with Gasteiger partial charge in [0.25, 0.3) is 0 Å². The van der Waals surface area contributed by atoms with Crippen molar-refractivity contribution in [1.82, 2.24) is 0 Å². The van der Waals surface area contributed by atoms with Crippen molar-refractivity contribution in [1.29, 1.82) is 0 Å². The van der Waals surface area contributed by atoms with Crippen LogP contribution in [0.4, 0.5) is 0 Å². The average molecular weight is 301 g/mol. The van der Waals surface area contributed by atoms with Crippen LogP contribution in [0.5, 0.6) is 0 Å². The lowest BCUT2D eigenvalue weighted by Crippen LogP contribution is -2.36. The molecule has 0 aliphatic heterocycles. The highest BCUT2D eigenvalue weighted by atomic mass is 32.3. The normalized spacial score (nSPS) is 13.8. The zero-order chi connectivity index (χ0) is 14.0. The minimum absolute atomic E-state index is 0.466. The fourth-order valence-corrected chi connectivity index (χ4v) is 3.53. The maximum absolute atomic E-state index is 10.5. The van der Waals surface area contributed by atoms with Crippen LogP contribution in [0.3, 0.4) is 0 Å². The number of aromatic nitrogens is 1. The van der Waals surface area contributed by atoms with Gasteiger partial charge in [-0.05, 0) is 13.0 Å². The Labute approximate surface area is 116 Å². The van der Waals surface area contributed by atoms with Crippen molar-refractivity contribution >= 4 is 32.0 Å². The minimum Gasteiger partial charge on any atom is -0.726 e. The van der Waals surface area contributed by atoms with Gasteiger partial charge in [0.2, 0.25) is 20.9 Å². The lowest BCUT2D eigenvalue weighted by molar-refractivity contribution is -0.674. The van der Waals surface area contributed by atoms with Gasteiger partial charge in [0, 0.05) is 19.4 Å². The van der Waals surface area contributed by atoms with E-state index in [0.29, 0.717) is 13.0 Å². The van der Waals surface area contributed by atoms with E-state index in [9.17, 15) is 13.0 Å². The topological polar surface area (TPSA) is 70.3 Å². The Morgan fingerprint density at radius 1 is 1.42 bits per heavy atom. The molecule has 7 heteroatoms. The molecule has 0 spiro atoms. The second-order valence-corrected chi connectivity index (χ2v) is 6.59. The van der Waals surface area contributed by atoms with E-state index >= 15 is 0 Å². The quantitative estimate of drug-likeness (QED) is 0.479. The minimum atomic E-state index is -4.62. The van der Waals surface area contributed by atoms with Crippen LogP contribution in [-0.2, 0) is 21.1 Å². The summed E-state index contributed by atoms with van der Waals surface area (Å²) >= 11 is 1.69. The number of aryl methyl sites for hydroxylation is 2. The van der Waals surface area contributed by atoms with Crippen molar-refractivity contribution in [2.45, 2.75) is 32.9 Å². The highest BCUT2D eigenvalue weighted by molar-refractivity contribution is 7.80. The van der Waals surface area contributed by atoms with Gasteiger partial charge < -0.3 is 4.55 Å². The molecule has 0 fully saturated rings. The zero-order valence-corrected chi connectivity index (χ0v) is 12.3. The van der Waals surface area contributed by atoms with Crippen LogP contribution >= 0.6 is 11.3 Å². The molecule has 5 nitrogen and oxygen atoms in total. The van der Waals surface area contributed by atoms with Gasteiger partial charge in [-0.3, -0.25) is 4.18 Å². The highest BCUT2D eigenvalue weighted by Gasteiger charge is 2.18. The number of hydrogen-bond acceptors (Lipinski definition) is 5. The third-order valence-corrected chi connectivity index (χ3v) is 4.48. The van der Waals surface area contributed by atoms with E-state index in [1.54, 1.807) is 18.3 Å². The number of benzene rings is 1. The van der Waals surface area contributed by atoms with Gasteiger partial charge in [-0.2, -0.15) is 4.57 Å². The number of thiazole rings is 1. The molecule has 104 valence electrons. The van der Waals surface area contributed by atoms with E-state index in [2.05, 4.69) is 8.75 Å². The third-order valence-electron chi connectivity index (χ3n) is 2.84. The van der Waals surface area contributed by atoms with Crippen molar-refractivity contribution in [3.8, 4) is 0 Å². The zero-order valence-electron chi connectivity index (χ0n) is 10.7. The molecule has 0 amide bonds. The lowest BCUT2D eigenvalue weighted by Gasteiger charge is -2.13. The predicted molar refractivity (Wildman–Crippen MR) is 71.6 cm³/mol. The first kappa shape index (κ1) is 14.4. The van der Waals surface area contributed by atoms with E-state index < -0.39 is 16.5 Å². The molecule has 0 aliphatic rings. The summed E-state index contributed by atoms with van der Waals surface area (Å²) < 4.78 is 39.2. The molecule has 0 aliphatic carbocycles. The molecular weight excluding hydrogens is 286 g/mol.